The van der Waals surface area contributed by atoms with Gasteiger partial charge in [-0.05, 0) is 165 Å². The van der Waals surface area contributed by atoms with Gasteiger partial charge in [-0.25, -0.2) is 9.97 Å². The van der Waals surface area contributed by atoms with E-state index < -0.39 is 0 Å². The summed E-state index contributed by atoms with van der Waals surface area (Å²) in [6.07, 6.45) is 0. The predicted molar refractivity (Wildman–Crippen MR) is 428 cm³/mol. The van der Waals surface area contributed by atoms with E-state index in [4.69, 9.17) is 9.97 Å². The van der Waals surface area contributed by atoms with Crippen LogP contribution in [0, 0.1) is 0 Å². The Morgan fingerprint density at radius 2 is 0.500 bits per heavy atom. The highest BCUT2D eigenvalue weighted by atomic mass is 15.1. The maximum atomic E-state index is 5.14. The summed E-state index contributed by atoms with van der Waals surface area (Å²) in [4.78, 5) is 10.2. The van der Waals surface area contributed by atoms with Crippen molar-refractivity contribution in [1.82, 2.24) is 28.2 Å². The smallest absolute Gasteiger partial charge is 0.138 e. The molecule has 0 saturated heterocycles. The molecule has 476 valence electrons. The molecule has 0 aliphatic heterocycles. The van der Waals surface area contributed by atoms with Crippen molar-refractivity contribution in [1.29, 1.82) is 0 Å². The Labute approximate surface area is 588 Å². The van der Waals surface area contributed by atoms with Gasteiger partial charge in [0.15, 0.2) is 0 Å². The predicted octanol–water partition coefficient (Wildman–Crippen LogP) is 25.2. The lowest BCUT2D eigenvalue weighted by molar-refractivity contribution is 1.08. The van der Waals surface area contributed by atoms with E-state index in [0.29, 0.717) is 0 Å². The Morgan fingerprint density at radius 3 is 1.02 bits per heavy atom. The normalized spacial score (nSPS) is 11.7. The summed E-state index contributed by atoms with van der Waals surface area (Å²) >= 11 is 0. The maximum Gasteiger partial charge on any atom is 0.138 e. The highest BCUT2D eigenvalue weighted by Crippen LogP contribution is 2.42. The minimum absolute atomic E-state index is 0.914. The van der Waals surface area contributed by atoms with Crippen LogP contribution in [0.15, 0.2) is 376 Å². The van der Waals surface area contributed by atoms with Crippen LogP contribution in [0.5, 0.6) is 0 Å². The van der Waals surface area contributed by atoms with Gasteiger partial charge < -0.3 is 13.7 Å². The van der Waals surface area contributed by atoms with Crippen LogP contribution in [0.4, 0.5) is 0 Å². The second kappa shape index (κ2) is 24.1. The van der Waals surface area contributed by atoms with E-state index in [-0.39, 0.29) is 0 Å². The van der Waals surface area contributed by atoms with Gasteiger partial charge in [0, 0.05) is 76.8 Å². The van der Waals surface area contributed by atoms with Crippen molar-refractivity contribution >= 4 is 109 Å². The molecule has 6 heterocycles. The average Bonchev–Trinajstić information content (AvgIpc) is 1.60. The number of hydrogen-bond donors (Lipinski definition) is 0. The molecule has 6 nitrogen and oxygen atoms in total. The summed E-state index contributed by atoms with van der Waals surface area (Å²) in [5.74, 6) is 0.914. The number of aromatic nitrogens is 6. The molecule has 21 rings (SSSR count). The Bertz CT molecular complexity index is 6890. The van der Waals surface area contributed by atoms with E-state index >= 15 is 0 Å². The monoisotopic (exact) mass is 1300 g/mol. The van der Waals surface area contributed by atoms with E-state index in [1.54, 1.807) is 0 Å². The lowest BCUT2D eigenvalue weighted by Gasteiger charge is -2.12. The number of nitrogens with zero attached hydrogens (tertiary/aromatic N) is 6. The molecule has 0 atom stereocenters. The molecular weight excluding hydrogens is 1240 g/mol. The first-order valence-electron chi connectivity index (χ1n) is 34.9. The van der Waals surface area contributed by atoms with Crippen molar-refractivity contribution in [2.75, 3.05) is 0 Å². The van der Waals surface area contributed by atoms with Gasteiger partial charge in [-0.2, -0.15) is 0 Å². The molecule has 0 bridgehead atoms. The minimum Gasteiger partial charge on any atom is -0.309 e. The second-order valence-corrected chi connectivity index (χ2v) is 26.5. The van der Waals surface area contributed by atoms with Crippen molar-refractivity contribution in [3.63, 3.8) is 0 Å². The van der Waals surface area contributed by atoms with Crippen LogP contribution in [0.3, 0.4) is 0 Å². The Morgan fingerprint density at radius 1 is 0.157 bits per heavy atom. The molecule has 0 saturated carbocycles. The van der Waals surface area contributed by atoms with E-state index in [1.807, 2.05) is 12.1 Å². The van der Waals surface area contributed by atoms with Gasteiger partial charge >= 0.3 is 0 Å². The minimum atomic E-state index is 0.914. The molecule has 0 unspecified atom stereocenters. The third-order valence-electron chi connectivity index (χ3n) is 20.6. The lowest BCUT2D eigenvalue weighted by atomic mass is 10.0. The Hall–Kier alpha value is -13.7. The molecule has 6 heteroatoms. The molecule has 0 spiro atoms. The van der Waals surface area contributed by atoms with Crippen molar-refractivity contribution < 1.29 is 0 Å². The third-order valence-corrected chi connectivity index (χ3v) is 20.6. The molecule has 21 aromatic rings. The molecule has 102 heavy (non-hydrogen) atoms. The van der Waals surface area contributed by atoms with Crippen molar-refractivity contribution in [2.45, 2.75) is 0 Å². The summed E-state index contributed by atoms with van der Waals surface area (Å²) in [6, 6.07) is 135. The summed E-state index contributed by atoms with van der Waals surface area (Å²) < 4.78 is 9.51. The molecule has 0 amide bonds. The van der Waals surface area contributed by atoms with E-state index in [1.165, 1.54) is 131 Å². The fourth-order valence-corrected chi connectivity index (χ4v) is 15.8. The van der Waals surface area contributed by atoms with Gasteiger partial charge in [0.05, 0.1) is 61.2 Å². The van der Waals surface area contributed by atoms with E-state index in [2.05, 4.69) is 382 Å². The van der Waals surface area contributed by atoms with Crippen molar-refractivity contribution in [2.24, 2.45) is 0 Å². The SMILES string of the molecule is c1ccc(-c2cccc(-c3cccc(-n4c5ccccc5c5cc(-c6ccc7c8ccccc8n(-c8ccc9ccccc9c8)c7c6)ccc54)c3)n2)cc1.c1ccc(-c2cccc(-n3c4ccccc4c4cc(-c5ccc6c7ccccc7n(-c7ccc8ccccc8c7)c6c5)ccc43)n2)cc1. The zero-order valence-electron chi connectivity index (χ0n) is 55.5. The van der Waals surface area contributed by atoms with Crippen LogP contribution in [-0.2, 0) is 0 Å². The van der Waals surface area contributed by atoms with Gasteiger partial charge in [-0.1, -0.05) is 255 Å². The highest BCUT2D eigenvalue weighted by Gasteiger charge is 2.21. The van der Waals surface area contributed by atoms with E-state index in [0.717, 1.165) is 56.3 Å². The molecule has 0 radical (unpaired) electrons. The summed E-state index contributed by atoms with van der Waals surface area (Å²) in [7, 11) is 0. The quantitative estimate of drug-likeness (QED) is 0.145. The third kappa shape index (κ3) is 9.87. The molecule has 0 N–H and O–H groups in total. The molecular formula is C96H62N6. The first kappa shape index (κ1) is 58.5. The van der Waals surface area contributed by atoms with Crippen LogP contribution in [-0.4, -0.2) is 28.2 Å². The number of rotatable bonds is 9. The topological polar surface area (TPSA) is 45.5 Å². The molecule has 0 aliphatic carbocycles. The van der Waals surface area contributed by atoms with Crippen molar-refractivity contribution in [3.05, 3.63) is 376 Å². The highest BCUT2D eigenvalue weighted by molar-refractivity contribution is 6.15. The number of para-hydroxylation sites is 4. The number of pyridine rings is 2. The van der Waals surface area contributed by atoms with Crippen LogP contribution >= 0.6 is 0 Å². The number of hydrogen-bond acceptors (Lipinski definition) is 2. The van der Waals surface area contributed by atoms with E-state index in [9.17, 15) is 0 Å². The first-order valence-corrected chi connectivity index (χ1v) is 34.9. The van der Waals surface area contributed by atoms with Crippen LogP contribution in [0.25, 0.3) is 188 Å². The Balaban J connectivity index is 0.000000138. The Kier molecular flexibility index (Phi) is 13.8. The summed E-state index contributed by atoms with van der Waals surface area (Å²) in [5, 5.41) is 14.9. The first-order chi connectivity index (χ1) is 50.6. The van der Waals surface area contributed by atoms with Crippen molar-refractivity contribution in [3.8, 4) is 78.9 Å². The zero-order valence-corrected chi connectivity index (χ0v) is 55.5. The van der Waals surface area contributed by atoms with Gasteiger partial charge in [-0.15, -0.1) is 0 Å². The summed E-state index contributed by atoms with van der Waals surface area (Å²) in [5.41, 5.74) is 23.9. The fraction of sp³-hybridized carbons (Fsp3) is 0. The zero-order chi connectivity index (χ0) is 67.2. The van der Waals surface area contributed by atoms with Crippen LogP contribution < -0.4 is 0 Å². The van der Waals surface area contributed by atoms with Gasteiger partial charge in [0.2, 0.25) is 0 Å². The molecule has 15 aromatic carbocycles. The maximum absolute atomic E-state index is 5.14. The average molecular weight is 1300 g/mol. The number of fused-ring (bicyclic) bond motifs is 14. The largest absolute Gasteiger partial charge is 0.309 e. The fourth-order valence-electron chi connectivity index (χ4n) is 15.8. The van der Waals surface area contributed by atoms with Gasteiger partial charge in [0.25, 0.3) is 0 Å². The lowest BCUT2D eigenvalue weighted by Crippen LogP contribution is -1.98. The molecule has 6 aromatic heterocycles. The number of benzene rings is 15. The second-order valence-electron chi connectivity index (χ2n) is 26.5. The van der Waals surface area contributed by atoms with Crippen LogP contribution in [0.1, 0.15) is 0 Å². The summed E-state index contributed by atoms with van der Waals surface area (Å²) in [6.45, 7) is 0. The standard InChI is InChI=1S/C51H33N3.C45H29N3/c1-2-13-35(14-3-1)46-20-11-21-47(52-46)39-16-10-17-40(31-39)53-49-23-9-7-19-43(49)45-32-37(26-29-50(45)53)38-25-28-44-42-18-6-8-22-48(42)54(51(44)33-38)41-27-24-34-12-4-5-15-36(34)30-41;1-2-12-31(13-3-1)40-17-10-20-45(46-40)48-42-19-9-7-16-37(42)39-28-33(23-26-43(39)48)34-22-25-38-36-15-6-8-18-41(36)47(44(38)29-34)35-24-21-30-11-4-5-14-32(30)27-35/h1-33H;1-29H. The van der Waals surface area contributed by atoms with Crippen LogP contribution in [0.2, 0.25) is 0 Å². The van der Waals surface area contributed by atoms with Gasteiger partial charge in [-0.3, -0.25) is 4.57 Å². The van der Waals surface area contributed by atoms with Gasteiger partial charge in [0.1, 0.15) is 5.82 Å². The molecule has 0 aliphatic rings. The molecule has 0 fully saturated rings.